The van der Waals surface area contributed by atoms with Crippen molar-refractivity contribution >= 4 is 5.95 Å². The zero-order valence-electron chi connectivity index (χ0n) is 11.2. The van der Waals surface area contributed by atoms with Gasteiger partial charge in [0.2, 0.25) is 5.95 Å². The van der Waals surface area contributed by atoms with E-state index in [9.17, 15) is 0 Å². The van der Waals surface area contributed by atoms with E-state index >= 15 is 0 Å². The van der Waals surface area contributed by atoms with E-state index in [-0.39, 0.29) is 0 Å². The van der Waals surface area contributed by atoms with Crippen LogP contribution in [0.3, 0.4) is 0 Å². The second-order valence-electron chi connectivity index (χ2n) is 4.55. The quantitative estimate of drug-likeness (QED) is 0.748. The summed E-state index contributed by atoms with van der Waals surface area (Å²) in [6.45, 7) is 8.22. The smallest absolute Gasteiger partial charge is 0.224 e. The maximum atomic E-state index is 8.79. The molecule has 1 heterocycles. The zero-order valence-corrected chi connectivity index (χ0v) is 11.2. The van der Waals surface area contributed by atoms with Gasteiger partial charge in [-0.3, -0.25) is 0 Å². The van der Waals surface area contributed by atoms with Gasteiger partial charge in [-0.25, -0.2) is 9.97 Å². The van der Waals surface area contributed by atoms with Crippen molar-refractivity contribution < 1.29 is 4.74 Å². The number of ether oxygens (including phenoxy) is 1. The molecule has 0 saturated carbocycles. The van der Waals surface area contributed by atoms with E-state index in [1.807, 2.05) is 13.0 Å². The predicted octanol–water partition coefficient (Wildman–Crippen LogP) is 2.13. The van der Waals surface area contributed by atoms with Gasteiger partial charge < -0.3 is 10.1 Å². The molecule has 1 aromatic heterocycles. The summed E-state index contributed by atoms with van der Waals surface area (Å²) in [6.07, 6.45) is 1.07. The van der Waals surface area contributed by atoms with Crippen molar-refractivity contribution in [2.75, 3.05) is 25.1 Å². The molecular formula is C13H20N4O. The highest BCUT2D eigenvalue weighted by Gasteiger charge is 2.01. The minimum atomic E-state index is 0.380. The zero-order chi connectivity index (χ0) is 13.4. The first-order chi connectivity index (χ1) is 8.61. The average molecular weight is 248 g/mol. The van der Waals surface area contributed by atoms with E-state index in [1.165, 1.54) is 0 Å². The van der Waals surface area contributed by atoms with E-state index in [0.717, 1.165) is 18.7 Å². The molecule has 5 nitrogen and oxygen atoms in total. The lowest BCUT2D eigenvalue weighted by molar-refractivity contribution is 0.132. The van der Waals surface area contributed by atoms with Crippen LogP contribution in [0.25, 0.3) is 0 Å². The van der Waals surface area contributed by atoms with E-state index < -0.39 is 0 Å². The molecular weight excluding hydrogens is 228 g/mol. The van der Waals surface area contributed by atoms with Crippen molar-refractivity contribution in [3.63, 3.8) is 0 Å². The van der Waals surface area contributed by atoms with Crippen molar-refractivity contribution in [3.8, 4) is 6.07 Å². The molecule has 0 aliphatic heterocycles. The normalized spacial score (nSPS) is 10.4. The maximum absolute atomic E-state index is 8.79. The molecule has 0 aliphatic carbocycles. The third kappa shape index (κ3) is 5.60. The summed E-state index contributed by atoms with van der Waals surface area (Å²) < 4.78 is 5.47. The third-order valence-corrected chi connectivity index (χ3v) is 2.34. The maximum Gasteiger partial charge on any atom is 0.224 e. The molecule has 0 aliphatic rings. The first kappa shape index (κ1) is 14.4. The van der Waals surface area contributed by atoms with Crippen molar-refractivity contribution in [1.29, 1.82) is 5.26 Å². The van der Waals surface area contributed by atoms with Crippen LogP contribution in [0.5, 0.6) is 0 Å². The fourth-order valence-corrected chi connectivity index (χ4v) is 1.36. The van der Waals surface area contributed by atoms with E-state index in [2.05, 4.69) is 29.1 Å². The summed E-state index contributed by atoms with van der Waals surface area (Å²) in [6, 6.07) is 3.67. The summed E-state index contributed by atoms with van der Waals surface area (Å²) in [4.78, 5) is 8.26. The second kappa shape index (κ2) is 7.62. The van der Waals surface area contributed by atoms with Gasteiger partial charge in [-0.15, -0.1) is 0 Å². The molecule has 1 aromatic rings. The summed E-state index contributed by atoms with van der Waals surface area (Å²) in [5.74, 6) is 1.15. The molecule has 0 radical (unpaired) electrons. The van der Waals surface area contributed by atoms with E-state index in [1.54, 1.807) is 6.07 Å². The molecule has 1 N–H and O–H groups in total. The Hall–Kier alpha value is -1.67. The number of aryl methyl sites for hydroxylation is 1. The Kier molecular flexibility index (Phi) is 6.09. The highest BCUT2D eigenvalue weighted by Crippen LogP contribution is 2.03. The molecule has 0 saturated heterocycles. The monoisotopic (exact) mass is 248 g/mol. The fraction of sp³-hybridized carbons (Fsp3) is 0.615. The van der Waals surface area contributed by atoms with Crippen molar-refractivity contribution in [1.82, 2.24) is 9.97 Å². The molecule has 0 spiro atoms. The Bertz CT molecular complexity index is 412. The Balaban J connectivity index is 2.27. The number of aromatic nitrogens is 2. The Morgan fingerprint density at radius 3 is 2.83 bits per heavy atom. The first-order valence-electron chi connectivity index (χ1n) is 6.19. The number of nitrogens with one attached hydrogen (secondary N) is 1. The van der Waals surface area contributed by atoms with Gasteiger partial charge in [-0.05, 0) is 25.3 Å². The summed E-state index contributed by atoms with van der Waals surface area (Å²) >= 11 is 0. The van der Waals surface area contributed by atoms with Gasteiger partial charge in [-0.2, -0.15) is 5.26 Å². The van der Waals surface area contributed by atoms with Gasteiger partial charge in [0, 0.05) is 18.8 Å². The Labute approximate surface area is 108 Å². The second-order valence-corrected chi connectivity index (χ2v) is 4.55. The molecule has 98 valence electrons. The van der Waals surface area contributed by atoms with Crippen LogP contribution in [-0.4, -0.2) is 29.7 Å². The van der Waals surface area contributed by atoms with Crippen LogP contribution in [0.2, 0.25) is 0 Å². The standard InChI is InChI=1S/C13H20N4O/c1-10(2)4-6-18-7-5-15-13-16-11(3)8-12(9-14)17-13/h8,10H,4-7H2,1-3H3,(H,15,16,17). The lowest BCUT2D eigenvalue weighted by Gasteiger charge is -2.08. The summed E-state index contributed by atoms with van der Waals surface area (Å²) in [5.41, 5.74) is 1.16. The lowest BCUT2D eigenvalue weighted by atomic mass is 10.1. The van der Waals surface area contributed by atoms with Gasteiger partial charge in [-0.1, -0.05) is 13.8 Å². The van der Waals surface area contributed by atoms with Crippen LogP contribution >= 0.6 is 0 Å². The minimum Gasteiger partial charge on any atom is -0.380 e. The van der Waals surface area contributed by atoms with Gasteiger partial charge in [0.15, 0.2) is 0 Å². The first-order valence-corrected chi connectivity index (χ1v) is 6.19. The third-order valence-electron chi connectivity index (χ3n) is 2.34. The van der Waals surface area contributed by atoms with Gasteiger partial charge in [0.25, 0.3) is 0 Å². The van der Waals surface area contributed by atoms with Crippen LogP contribution in [0, 0.1) is 24.2 Å². The molecule has 1 rings (SSSR count). The number of nitrogens with zero attached hydrogens (tertiary/aromatic N) is 3. The predicted molar refractivity (Wildman–Crippen MR) is 70.2 cm³/mol. The summed E-state index contributed by atoms with van der Waals surface area (Å²) in [5, 5.41) is 11.8. The van der Waals surface area contributed by atoms with Crippen LogP contribution < -0.4 is 5.32 Å². The SMILES string of the molecule is Cc1cc(C#N)nc(NCCOCCC(C)C)n1. The van der Waals surface area contributed by atoms with Crippen molar-refractivity contribution in [3.05, 3.63) is 17.5 Å². The molecule has 0 fully saturated rings. The summed E-state index contributed by atoms with van der Waals surface area (Å²) in [7, 11) is 0. The molecule has 0 bridgehead atoms. The fourth-order valence-electron chi connectivity index (χ4n) is 1.36. The van der Waals surface area contributed by atoms with Crippen LogP contribution in [0.4, 0.5) is 5.95 Å². The van der Waals surface area contributed by atoms with Crippen LogP contribution in [-0.2, 0) is 4.74 Å². The van der Waals surface area contributed by atoms with Gasteiger partial charge >= 0.3 is 0 Å². The number of anilines is 1. The molecule has 18 heavy (non-hydrogen) atoms. The molecule has 0 aromatic carbocycles. The lowest BCUT2D eigenvalue weighted by Crippen LogP contribution is -2.13. The van der Waals surface area contributed by atoms with Crippen LogP contribution in [0.15, 0.2) is 6.07 Å². The van der Waals surface area contributed by atoms with Crippen LogP contribution in [0.1, 0.15) is 31.7 Å². The topological polar surface area (TPSA) is 70.8 Å². The number of nitriles is 1. The minimum absolute atomic E-state index is 0.380. The number of hydrogen-bond acceptors (Lipinski definition) is 5. The Morgan fingerprint density at radius 2 is 2.17 bits per heavy atom. The largest absolute Gasteiger partial charge is 0.380 e. The number of hydrogen-bond donors (Lipinski definition) is 1. The highest BCUT2D eigenvalue weighted by atomic mass is 16.5. The van der Waals surface area contributed by atoms with E-state index in [4.69, 9.17) is 10.00 Å². The molecule has 0 unspecified atom stereocenters. The molecule has 0 amide bonds. The molecule has 0 atom stereocenters. The van der Waals surface area contributed by atoms with Gasteiger partial charge in [0.1, 0.15) is 11.8 Å². The van der Waals surface area contributed by atoms with E-state index in [0.29, 0.717) is 30.7 Å². The van der Waals surface area contributed by atoms with Crippen molar-refractivity contribution in [2.45, 2.75) is 27.2 Å². The highest BCUT2D eigenvalue weighted by molar-refractivity contribution is 5.32. The number of rotatable bonds is 7. The molecule has 5 heteroatoms. The average Bonchev–Trinajstić information content (AvgIpc) is 2.32. The Morgan fingerprint density at radius 1 is 1.39 bits per heavy atom. The van der Waals surface area contributed by atoms with Gasteiger partial charge in [0.05, 0.1) is 6.61 Å². The van der Waals surface area contributed by atoms with Crippen molar-refractivity contribution in [2.24, 2.45) is 5.92 Å².